The first kappa shape index (κ1) is 21.9. The van der Waals surface area contributed by atoms with Gasteiger partial charge in [-0.05, 0) is 36.0 Å². The molecule has 2 unspecified atom stereocenters. The van der Waals surface area contributed by atoms with Gasteiger partial charge in [0, 0.05) is 5.88 Å². The summed E-state index contributed by atoms with van der Waals surface area (Å²) >= 11 is 5.94. The van der Waals surface area contributed by atoms with Gasteiger partial charge in [0.1, 0.15) is 0 Å². The molecule has 0 amide bonds. The fraction of sp³-hybridized carbons (Fsp3) is 0.478. The minimum absolute atomic E-state index is 0.0311. The summed E-state index contributed by atoms with van der Waals surface area (Å²) in [6.07, 6.45) is 2.05. The molecule has 0 fully saturated rings. The van der Waals surface area contributed by atoms with Crippen molar-refractivity contribution in [2.75, 3.05) is 6.61 Å². The van der Waals surface area contributed by atoms with E-state index in [4.69, 9.17) is 21.5 Å². The van der Waals surface area contributed by atoms with Gasteiger partial charge in [0.15, 0.2) is 0 Å². The van der Waals surface area contributed by atoms with Crippen LogP contribution >= 0.6 is 11.6 Å². The number of hydrogen-bond acceptors (Lipinski definition) is 3. The lowest BCUT2D eigenvalue weighted by Gasteiger charge is -2.36. The molecule has 0 bridgehead atoms. The molecule has 2 aromatic rings. The highest BCUT2D eigenvalue weighted by molar-refractivity contribution is 6.17. The largest absolute Gasteiger partial charge is 0.218 e. The van der Waals surface area contributed by atoms with Gasteiger partial charge in [-0.2, -0.15) is 0 Å². The molecule has 148 valence electrons. The third kappa shape index (κ3) is 6.32. The summed E-state index contributed by atoms with van der Waals surface area (Å²) in [5, 5.41) is 1.99. The Morgan fingerprint density at radius 3 is 2.15 bits per heavy atom. The summed E-state index contributed by atoms with van der Waals surface area (Å²) in [7, 11) is 0. The minimum atomic E-state index is 0.0311. The van der Waals surface area contributed by atoms with Crippen LogP contribution < -0.4 is 0 Å². The van der Waals surface area contributed by atoms with E-state index in [1.165, 1.54) is 11.1 Å². The number of benzene rings is 2. The van der Waals surface area contributed by atoms with Crippen molar-refractivity contribution < 1.29 is 9.88 Å². The average Bonchev–Trinajstić information content (AvgIpc) is 2.70. The molecular weight excluding hydrogens is 358 g/mol. The number of alkyl halides is 1. The van der Waals surface area contributed by atoms with Crippen molar-refractivity contribution in [2.24, 2.45) is 5.92 Å². The maximum atomic E-state index is 5.94. The Balaban J connectivity index is 2.29. The summed E-state index contributed by atoms with van der Waals surface area (Å²) in [6.45, 7) is 9.30. The zero-order chi connectivity index (χ0) is 19.6. The van der Waals surface area contributed by atoms with Crippen LogP contribution in [0.25, 0.3) is 0 Å². The molecule has 27 heavy (non-hydrogen) atoms. The first-order valence-electron chi connectivity index (χ1n) is 9.86. The fourth-order valence-corrected chi connectivity index (χ4v) is 3.34. The number of unbranched alkanes of at least 4 members (excludes halogenated alkanes) is 1. The zero-order valence-corrected chi connectivity index (χ0v) is 17.7. The molecule has 0 aromatic heterocycles. The second kappa shape index (κ2) is 11.5. The van der Waals surface area contributed by atoms with Gasteiger partial charge in [0.2, 0.25) is 0 Å². The van der Waals surface area contributed by atoms with Crippen molar-refractivity contribution in [2.45, 2.75) is 58.5 Å². The van der Waals surface area contributed by atoms with Crippen molar-refractivity contribution in [1.29, 1.82) is 0 Å². The molecule has 2 atom stereocenters. The van der Waals surface area contributed by atoms with E-state index in [1.807, 2.05) is 11.1 Å². The van der Waals surface area contributed by atoms with Crippen LogP contribution in [0.3, 0.4) is 0 Å². The van der Waals surface area contributed by atoms with Gasteiger partial charge in [0.25, 0.3) is 0 Å². The molecule has 2 rings (SSSR count). The Kier molecular flexibility index (Phi) is 9.29. The standard InChI is InChI=1S/C23H32ClNO2/c1-5-6-16-26-27-25(19(4)21-14-12-20(17-24)13-15-21)23(18(2)3)22-10-8-7-9-11-22/h7-15,18-19,23H,5-6,16-17H2,1-4H3. The van der Waals surface area contributed by atoms with Crippen LogP contribution in [0.1, 0.15) is 69.3 Å². The highest BCUT2D eigenvalue weighted by Gasteiger charge is 2.30. The van der Waals surface area contributed by atoms with Crippen molar-refractivity contribution in [1.82, 2.24) is 5.06 Å². The number of rotatable bonds is 11. The van der Waals surface area contributed by atoms with Crippen molar-refractivity contribution in [3.05, 3.63) is 71.3 Å². The third-order valence-electron chi connectivity index (χ3n) is 4.76. The van der Waals surface area contributed by atoms with E-state index in [-0.39, 0.29) is 12.1 Å². The van der Waals surface area contributed by atoms with E-state index >= 15 is 0 Å². The van der Waals surface area contributed by atoms with E-state index in [0.717, 1.165) is 18.4 Å². The lowest BCUT2D eigenvalue weighted by molar-refractivity contribution is -0.452. The summed E-state index contributed by atoms with van der Waals surface area (Å²) < 4.78 is 0. The van der Waals surface area contributed by atoms with Gasteiger partial charge in [-0.15, -0.1) is 21.7 Å². The molecule has 0 spiro atoms. The molecule has 0 radical (unpaired) electrons. The van der Waals surface area contributed by atoms with Gasteiger partial charge in [0.05, 0.1) is 18.7 Å². The molecule has 0 heterocycles. The Bertz CT molecular complexity index is 645. The van der Waals surface area contributed by atoms with Gasteiger partial charge in [-0.25, -0.2) is 4.89 Å². The fourth-order valence-electron chi connectivity index (χ4n) is 3.16. The van der Waals surface area contributed by atoms with Crippen molar-refractivity contribution in [3.63, 3.8) is 0 Å². The summed E-state index contributed by atoms with van der Waals surface area (Å²) in [6, 6.07) is 19.0. The number of halogens is 1. The minimum Gasteiger partial charge on any atom is -0.218 e. The Morgan fingerprint density at radius 2 is 1.59 bits per heavy atom. The Labute approximate surface area is 169 Å². The van der Waals surface area contributed by atoms with Crippen LogP contribution in [0.4, 0.5) is 0 Å². The summed E-state index contributed by atoms with van der Waals surface area (Å²) in [4.78, 5) is 11.5. The van der Waals surface area contributed by atoms with E-state index in [2.05, 4.69) is 76.2 Å². The molecule has 4 heteroatoms. The quantitative estimate of drug-likeness (QED) is 0.181. The topological polar surface area (TPSA) is 21.7 Å². The summed E-state index contributed by atoms with van der Waals surface area (Å²) in [5.41, 5.74) is 3.50. The van der Waals surface area contributed by atoms with Gasteiger partial charge in [-0.1, -0.05) is 81.8 Å². The lowest BCUT2D eigenvalue weighted by atomic mass is 9.93. The van der Waals surface area contributed by atoms with Crippen LogP contribution in [-0.4, -0.2) is 11.7 Å². The van der Waals surface area contributed by atoms with Crippen LogP contribution in [0.5, 0.6) is 0 Å². The molecule has 0 aliphatic heterocycles. The predicted octanol–water partition coefficient (Wildman–Crippen LogP) is 6.85. The average molecular weight is 390 g/mol. The van der Waals surface area contributed by atoms with Crippen LogP contribution in [0.2, 0.25) is 0 Å². The van der Waals surface area contributed by atoms with E-state index in [0.29, 0.717) is 18.4 Å². The van der Waals surface area contributed by atoms with Gasteiger partial charge >= 0.3 is 0 Å². The molecule has 3 nitrogen and oxygen atoms in total. The molecule has 0 saturated carbocycles. The number of hydrogen-bond donors (Lipinski definition) is 0. The lowest BCUT2D eigenvalue weighted by Crippen LogP contribution is -2.35. The van der Waals surface area contributed by atoms with Crippen molar-refractivity contribution in [3.8, 4) is 0 Å². The normalized spacial score (nSPS) is 13.9. The Morgan fingerprint density at radius 1 is 0.926 bits per heavy atom. The van der Waals surface area contributed by atoms with E-state index in [1.54, 1.807) is 0 Å². The molecule has 0 aliphatic rings. The molecule has 2 aromatic carbocycles. The first-order valence-corrected chi connectivity index (χ1v) is 10.4. The second-order valence-electron chi connectivity index (χ2n) is 7.26. The molecule has 0 saturated heterocycles. The smallest absolute Gasteiger partial charge is 0.0842 e. The van der Waals surface area contributed by atoms with Crippen LogP contribution in [0, 0.1) is 5.92 Å². The third-order valence-corrected chi connectivity index (χ3v) is 5.07. The molecule has 0 aliphatic carbocycles. The maximum absolute atomic E-state index is 5.94. The molecule has 0 N–H and O–H groups in total. The predicted molar refractivity (Wildman–Crippen MR) is 112 cm³/mol. The van der Waals surface area contributed by atoms with E-state index in [9.17, 15) is 0 Å². The number of nitrogens with zero attached hydrogens (tertiary/aromatic N) is 1. The van der Waals surface area contributed by atoms with E-state index < -0.39 is 0 Å². The highest BCUT2D eigenvalue weighted by Crippen LogP contribution is 2.36. The Hall–Kier alpha value is -1.39. The monoisotopic (exact) mass is 389 g/mol. The number of hydroxylamine groups is 2. The second-order valence-corrected chi connectivity index (χ2v) is 7.53. The van der Waals surface area contributed by atoms with Crippen molar-refractivity contribution >= 4 is 11.6 Å². The molecular formula is C23H32ClNO2. The first-order chi connectivity index (χ1) is 13.1. The maximum Gasteiger partial charge on any atom is 0.0842 e. The van der Waals surface area contributed by atoms with Gasteiger partial charge < -0.3 is 0 Å². The van der Waals surface area contributed by atoms with Crippen LogP contribution in [-0.2, 0) is 15.8 Å². The SMILES string of the molecule is CCCCOON(C(C)c1ccc(CCl)cc1)C(c1ccccc1)C(C)C. The van der Waals surface area contributed by atoms with Gasteiger partial charge in [-0.3, -0.25) is 0 Å². The summed E-state index contributed by atoms with van der Waals surface area (Å²) in [5.74, 6) is 0.875. The van der Waals surface area contributed by atoms with Crippen LogP contribution in [0.15, 0.2) is 54.6 Å². The highest BCUT2D eigenvalue weighted by atomic mass is 35.5. The zero-order valence-electron chi connectivity index (χ0n) is 16.9.